The Morgan fingerprint density at radius 3 is 2.35 bits per heavy atom. The number of ether oxygens (including phenoxy) is 2. The van der Waals surface area contributed by atoms with Crippen LogP contribution in [0.25, 0.3) is 22.6 Å². The normalized spacial score (nSPS) is 38.6. The fourth-order valence-electron chi connectivity index (χ4n) is 4.92. The van der Waals surface area contributed by atoms with Gasteiger partial charge in [-0.15, -0.1) is 0 Å². The maximum Gasteiger partial charge on any atom is 0.481 e. The Bertz CT molecular complexity index is 1520. The zero-order valence-corrected chi connectivity index (χ0v) is 22.3. The van der Waals surface area contributed by atoms with Crippen molar-refractivity contribution < 1.29 is 61.6 Å². The predicted molar refractivity (Wildman–Crippen MR) is 131 cm³/mol. The number of phosphoric acid groups is 2. The zero-order chi connectivity index (χ0) is 28.4. The van der Waals surface area contributed by atoms with Crippen LogP contribution >= 0.6 is 15.6 Å². The maximum absolute atomic E-state index is 12.4. The van der Waals surface area contributed by atoms with Gasteiger partial charge in [0, 0.05) is 12.0 Å². The summed E-state index contributed by atoms with van der Waals surface area (Å²) < 4.78 is 53.1. The number of imidazole rings is 1. The third-order valence-corrected chi connectivity index (χ3v) is 9.46. The first kappa shape index (κ1) is 27.8. The van der Waals surface area contributed by atoms with E-state index in [9.17, 15) is 34.2 Å². The monoisotopic (exact) mass is 602 g/mol. The minimum atomic E-state index is -5.23. The van der Waals surface area contributed by atoms with Crippen LogP contribution in [0.5, 0.6) is 0 Å². The number of anilines is 1. The standard InChI is InChI=1S/C21H25N5O12P2/c22-18-15-20-23-9-25(18)21-17(29)16(28)13(37-21)8-35-40(32,33)38-39(30,31)34-7-12-11(27)6-14(36-12)26(20)19(24-15)10-4-2-1-3-5-10/h1-5,9,11-14,16-17,21-22,27-29H,6-8H2,(H2,30,31,32,33)/p+1/t11-,12+,13+,14+,16+,17+,21+/m0/s1. The molecule has 4 aliphatic rings. The molecule has 40 heavy (non-hydrogen) atoms. The smallest absolute Gasteiger partial charge is 0.390 e. The second kappa shape index (κ2) is 10.2. The van der Waals surface area contributed by atoms with Gasteiger partial charge in [-0.25, -0.2) is 18.7 Å². The van der Waals surface area contributed by atoms with E-state index in [4.69, 9.17) is 24.3 Å². The van der Waals surface area contributed by atoms with Gasteiger partial charge in [-0.2, -0.15) is 4.31 Å². The Kier molecular flexibility index (Phi) is 7.06. The number of phosphoric ester groups is 2. The fourth-order valence-corrected chi connectivity index (χ4v) is 7.01. The van der Waals surface area contributed by atoms with Gasteiger partial charge in [-0.05, 0) is 0 Å². The highest BCUT2D eigenvalue weighted by molar-refractivity contribution is 7.61. The highest BCUT2D eigenvalue weighted by Crippen LogP contribution is 2.60. The molecule has 1 aromatic carbocycles. The Morgan fingerprint density at radius 1 is 0.975 bits per heavy atom. The Labute approximate surface area is 225 Å². The van der Waals surface area contributed by atoms with E-state index in [1.165, 1.54) is 10.9 Å². The first-order valence-corrected chi connectivity index (χ1v) is 15.1. The van der Waals surface area contributed by atoms with Gasteiger partial charge in [0.25, 0.3) is 5.82 Å². The quantitative estimate of drug-likeness (QED) is 0.152. The average molecular weight is 602 g/mol. The zero-order valence-electron chi connectivity index (χ0n) is 20.5. The number of benzene rings is 1. The number of nitrogens with zero attached hydrogens (tertiary/aromatic N) is 4. The minimum Gasteiger partial charge on any atom is -0.390 e. The number of aliphatic hydroxyl groups excluding tert-OH is 3. The van der Waals surface area contributed by atoms with Gasteiger partial charge < -0.3 is 40.3 Å². The van der Waals surface area contributed by atoms with Crippen molar-refractivity contribution in [2.45, 2.75) is 49.4 Å². The van der Waals surface area contributed by atoms with Crippen molar-refractivity contribution in [3.05, 3.63) is 36.7 Å². The Hall–Kier alpha value is -2.37. The number of aromatic nitrogens is 4. The van der Waals surface area contributed by atoms with Gasteiger partial charge in [0.15, 0.2) is 5.52 Å². The molecular weight excluding hydrogens is 576 g/mol. The summed E-state index contributed by atoms with van der Waals surface area (Å²) in [5.74, 6) is 0.386. The molecule has 0 radical (unpaired) electrons. The lowest BCUT2D eigenvalue weighted by molar-refractivity contribution is -0.755. The average Bonchev–Trinajstić information content (AvgIpc) is 3.55. The van der Waals surface area contributed by atoms with Crippen molar-refractivity contribution in [1.29, 1.82) is 0 Å². The molecule has 2 aromatic heterocycles. The first-order chi connectivity index (χ1) is 18.9. The van der Waals surface area contributed by atoms with Gasteiger partial charge in [0.1, 0.15) is 36.5 Å². The van der Waals surface area contributed by atoms with Crippen molar-refractivity contribution in [3.8, 4) is 11.4 Å². The summed E-state index contributed by atoms with van der Waals surface area (Å²) >= 11 is 0. The van der Waals surface area contributed by atoms with Gasteiger partial charge in [-0.3, -0.25) is 13.6 Å². The molecule has 7 N–H and O–H groups in total. The van der Waals surface area contributed by atoms with E-state index in [1.807, 2.05) is 6.07 Å². The lowest BCUT2D eigenvalue weighted by atomic mass is 10.1. The summed E-state index contributed by atoms with van der Waals surface area (Å²) in [7, 11) is -10.4. The van der Waals surface area contributed by atoms with Crippen molar-refractivity contribution in [3.63, 3.8) is 0 Å². The van der Waals surface area contributed by atoms with Gasteiger partial charge in [-0.1, -0.05) is 35.3 Å². The summed E-state index contributed by atoms with van der Waals surface area (Å²) in [6.45, 7) is -1.51. The van der Waals surface area contributed by atoms with E-state index in [-0.39, 0.29) is 23.4 Å². The molecule has 4 aliphatic heterocycles. The van der Waals surface area contributed by atoms with Crippen LogP contribution < -0.4 is 10.3 Å². The lowest BCUT2D eigenvalue weighted by Crippen LogP contribution is -2.48. The molecule has 2 fully saturated rings. The topological polar surface area (TPSA) is 242 Å². The second-order valence-corrected chi connectivity index (χ2v) is 12.5. The van der Waals surface area contributed by atoms with Crippen LogP contribution in [0, 0.1) is 0 Å². The van der Waals surface area contributed by atoms with E-state index in [1.54, 1.807) is 28.8 Å². The second-order valence-electron chi connectivity index (χ2n) is 9.47. The number of hydrogen-bond donors (Lipinski definition) is 6. The number of fused-ring (bicyclic) bond motifs is 7. The van der Waals surface area contributed by atoms with Gasteiger partial charge in [0.05, 0.1) is 19.3 Å². The van der Waals surface area contributed by atoms with Crippen molar-refractivity contribution >= 4 is 32.6 Å². The number of rotatable bonds is 1. The van der Waals surface area contributed by atoms with Crippen molar-refractivity contribution in [1.82, 2.24) is 14.5 Å². The van der Waals surface area contributed by atoms with E-state index >= 15 is 0 Å². The summed E-state index contributed by atoms with van der Waals surface area (Å²) in [5.41, 5.74) is 7.58. The fraction of sp³-hybridized carbons (Fsp3) is 0.476. The van der Waals surface area contributed by atoms with Crippen LogP contribution in [-0.4, -0.2) is 83.4 Å². The van der Waals surface area contributed by atoms with Gasteiger partial charge in [0.2, 0.25) is 18.2 Å². The molecule has 2 saturated heterocycles. The Morgan fingerprint density at radius 2 is 1.65 bits per heavy atom. The van der Waals surface area contributed by atoms with Crippen LogP contribution in [0.15, 0.2) is 36.7 Å². The molecule has 19 heteroatoms. The molecule has 3 aromatic rings. The summed E-state index contributed by atoms with van der Waals surface area (Å²) in [6, 6.07) is 8.99. The number of hydrogen-bond acceptors (Lipinski definition) is 13. The van der Waals surface area contributed by atoms with Crippen LogP contribution in [0.1, 0.15) is 18.9 Å². The Balaban J connectivity index is 1.49. The minimum absolute atomic E-state index is 0.00763. The number of nitrogen functional groups attached to an aromatic ring is 1. The summed E-state index contributed by atoms with van der Waals surface area (Å²) in [5, 5.41) is 31.9. The molecule has 7 rings (SSSR count). The molecule has 9 atom stereocenters. The number of aliphatic hydroxyl groups is 3. The molecule has 0 saturated carbocycles. The molecule has 6 heterocycles. The summed E-state index contributed by atoms with van der Waals surface area (Å²) in [4.78, 5) is 29.1. The SMILES string of the molecule is Nc1c2nc(-c3ccccc3)n3c2nc[n+]1[C@@H]1O[C@H](COP(=O)(O)OP(=O)(O)OC[C@H]2O[C@@H]3C[C@@H]2O)[C@@H](O)[C@H]1O. The molecule has 0 aliphatic carbocycles. The van der Waals surface area contributed by atoms with Crippen molar-refractivity contribution in [2.75, 3.05) is 18.9 Å². The largest absolute Gasteiger partial charge is 0.481 e. The van der Waals surface area contributed by atoms with Crippen LogP contribution in [0.2, 0.25) is 0 Å². The third kappa shape index (κ3) is 4.98. The third-order valence-electron chi connectivity index (χ3n) is 6.86. The lowest BCUT2D eigenvalue weighted by Gasteiger charge is -2.21. The molecular formula is C21H26N5O12P2+. The van der Waals surface area contributed by atoms with Crippen LogP contribution in [0.3, 0.4) is 0 Å². The highest BCUT2D eigenvalue weighted by atomic mass is 31.3. The molecule has 8 bridgehead atoms. The molecule has 0 spiro atoms. The molecule has 17 nitrogen and oxygen atoms in total. The van der Waals surface area contributed by atoms with Crippen LogP contribution in [0.4, 0.5) is 5.82 Å². The molecule has 216 valence electrons. The summed E-state index contributed by atoms with van der Waals surface area (Å²) in [6.07, 6.45) is -7.85. The van der Waals surface area contributed by atoms with Crippen LogP contribution in [-0.2, 0) is 32.0 Å². The number of nitrogens with two attached hydrogens (primary N) is 1. The molecule has 0 amide bonds. The maximum atomic E-state index is 12.4. The predicted octanol–water partition coefficient (Wildman–Crippen LogP) is -0.500. The van der Waals surface area contributed by atoms with E-state index in [0.717, 1.165) is 0 Å². The van der Waals surface area contributed by atoms with E-state index in [0.29, 0.717) is 11.4 Å². The van der Waals surface area contributed by atoms with E-state index in [2.05, 4.69) is 14.3 Å². The van der Waals surface area contributed by atoms with E-state index < -0.39 is 71.8 Å². The molecule has 2 unspecified atom stereocenters. The highest BCUT2D eigenvalue weighted by Gasteiger charge is 2.49. The van der Waals surface area contributed by atoms with Gasteiger partial charge >= 0.3 is 15.6 Å². The van der Waals surface area contributed by atoms with Crippen molar-refractivity contribution in [2.24, 2.45) is 0 Å². The first-order valence-electron chi connectivity index (χ1n) is 12.1.